The maximum Gasteiger partial charge on any atom is 0.255 e. The van der Waals surface area contributed by atoms with Gasteiger partial charge in [0.25, 0.3) is 5.91 Å². The summed E-state index contributed by atoms with van der Waals surface area (Å²) < 4.78 is 1.67. The topological polar surface area (TPSA) is 59.0 Å². The minimum absolute atomic E-state index is 0. The molecule has 1 saturated heterocycles. The van der Waals surface area contributed by atoms with E-state index < -0.39 is 0 Å². The molecule has 0 aromatic carbocycles. The third-order valence-corrected chi connectivity index (χ3v) is 2.89. The van der Waals surface area contributed by atoms with Crippen LogP contribution in [0.4, 0.5) is 0 Å². The van der Waals surface area contributed by atoms with Crippen molar-refractivity contribution in [1.82, 2.24) is 20.4 Å². The lowest BCUT2D eigenvalue weighted by molar-refractivity contribution is 0.0930. The maximum absolute atomic E-state index is 12.0. The Balaban J connectivity index is 0.00000144. The van der Waals surface area contributed by atoms with Gasteiger partial charge in [0.2, 0.25) is 0 Å². The number of aromatic nitrogens is 2. The molecule has 0 saturated carbocycles. The molecule has 0 spiro atoms. The van der Waals surface area contributed by atoms with Crippen LogP contribution in [0.2, 0.25) is 0 Å². The highest BCUT2D eigenvalue weighted by Crippen LogP contribution is 2.07. The van der Waals surface area contributed by atoms with Gasteiger partial charge in [-0.05, 0) is 26.3 Å². The number of hydrogen-bond acceptors (Lipinski definition) is 3. The van der Waals surface area contributed by atoms with Gasteiger partial charge in [-0.3, -0.25) is 9.48 Å². The summed E-state index contributed by atoms with van der Waals surface area (Å²) in [7, 11) is 1.83. The van der Waals surface area contributed by atoms with Gasteiger partial charge in [0.05, 0.1) is 11.3 Å². The van der Waals surface area contributed by atoms with Crippen molar-refractivity contribution in [2.24, 2.45) is 7.05 Å². The number of aryl methyl sites for hydroxylation is 2. The van der Waals surface area contributed by atoms with E-state index in [-0.39, 0.29) is 24.4 Å². The molecule has 0 unspecified atom stereocenters. The number of halogens is 1. The molecule has 1 aliphatic rings. The van der Waals surface area contributed by atoms with E-state index in [1.807, 2.05) is 14.0 Å². The van der Waals surface area contributed by atoms with Gasteiger partial charge < -0.3 is 10.6 Å². The second-order valence-corrected chi connectivity index (χ2v) is 4.32. The van der Waals surface area contributed by atoms with Crippen molar-refractivity contribution in [3.8, 4) is 0 Å². The Morgan fingerprint density at radius 1 is 1.65 bits per heavy atom. The normalized spacial score (nSPS) is 19.5. The minimum Gasteiger partial charge on any atom is -0.348 e. The molecular weight excluding hydrogens is 240 g/mol. The summed E-state index contributed by atoms with van der Waals surface area (Å²) in [5.74, 6) is -0.0145. The molecular formula is C11H19ClN4O. The number of nitrogens with one attached hydrogen (secondary N) is 2. The number of hydrogen-bond donors (Lipinski definition) is 2. The number of carbonyl (C=O) groups excluding carboxylic acids is 1. The van der Waals surface area contributed by atoms with Crippen molar-refractivity contribution < 1.29 is 4.79 Å². The first-order valence-electron chi connectivity index (χ1n) is 5.68. The monoisotopic (exact) mass is 258 g/mol. The van der Waals surface area contributed by atoms with Crippen LogP contribution in [0.15, 0.2) is 6.20 Å². The Bertz CT molecular complexity index is 385. The molecule has 2 heterocycles. The molecule has 1 amide bonds. The summed E-state index contributed by atoms with van der Waals surface area (Å²) in [5, 5.41) is 10.5. The molecule has 2 rings (SSSR count). The Hall–Kier alpha value is -1.07. The van der Waals surface area contributed by atoms with E-state index in [0.717, 1.165) is 31.6 Å². The molecule has 1 aromatic heterocycles. The van der Waals surface area contributed by atoms with E-state index in [4.69, 9.17) is 0 Å². The first-order valence-corrected chi connectivity index (χ1v) is 5.68. The summed E-state index contributed by atoms with van der Waals surface area (Å²) in [5.41, 5.74) is 1.46. The van der Waals surface area contributed by atoms with Crippen molar-refractivity contribution >= 4 is 18.3 Å². The molecule has 96 valence electrons. The lowest BCUT2D eigenvalue weighted by atomic mass is 10.1. The highest BCUT2D eigenvalue weighted by molar-refractivity contribution is 5.95. The quantitative estimate of drug-likeness (QED) is 0.818. The standard InChI is InChI=1S/C11H18N4O.ClH/c1-8-10(7-15(2)14-8)11(16)13-9-4-3-5-12-6-9;/h7,9,12H,3-6H2,1-2H3,(H,13,16);1H/t9-;/m1./s1. The molecule has 0 aliphatic carbocycles. The van der Waals surface area contributed by atoms with Crippen molar-refractivity contribution in [3.05, 3.63) is 17.5 Å². The SMILES string of the molecule is Cc1nn(C)cc1C(=O)N[C@@H]1CCCNC1.Cl. The van der Waals surface area contributed by atoms with Crippen LogP contribution < -0.4 is 10.6 Å². The van der Waals surface area contributed by atoms with Gasteiger partial charge in [0.15, 0.2) is 0 Å². The average Bonchev–Trinajstić information content (AvgIpc) is 2.59. The predicted octanol–water partition coefficient (Wildman–Crippen LogP) is 0.632. The van der Waals surface area contributed by atoms with Crippen LogP contribution in [-0.4, -0.2) is 34.8 Å². The highest BCUT2D eigenvalue weighted by Gasteiger charge is 2.18. The Kier molecular flexibility index (Phi) is 4.96. The average molecular weight is 259 g/mol. The Morgan fingerprint density at radius 3 is 2.94 bits per heavy atom. The molecule has 6 heteroatoms. The number of carbonyl (C=O) groups is 1. The van der Waals surface area contributed by atoms with E-state index >= 15 is 0 Å². The molecule has 17 heavy (non-hydrogen) atoms. The highest BCUT2D eigenvalue weighted by atomic mass is 35.5. The van der Waals surface area contributed by atoms with Gasteiger partial charge in [-0.15, -0.1) is 12.4 Å². The third-order valence-electron chi connectivity index (χ3n) is 2.89. The Labute approximate surface area is 107 Å². The zero-order valence-corrected chi connectivity index (χ0v) is 11.0. The lowest BCUT2D eigenvalue weighted by Crippen LogP contribution is -2.45. The molecule has 5 nitrogen and oxygen atoms in total. The molecule has 1 aromatic rings. The maximum atomic E-state index is 12.0. The zero-order valence-electron chi connectivity index (χ0n) is 10.2. The first-order chi connectivity index (χ1) is 7.66. The van der Waals surface area contributed by atoms with Gasteiger partial charge in [0, 0.05) is 25.8 Å². The second-order valence-electron chi connectivity index (χ2n) is 4.32. The van der Waals surface area contributed by atoms with Gasteiger partial charge >= 0.3 is 0 Å². The largest absolute Gasteiger partial charge is 0.348 e. The van der Waals surface area contributed by atoms with Crippen LogP contribution in [0.25, 0.3) is 0 Å². The Morgan fingerprint density at radius 2 is 2.41 bits per heavy atom. The summed E-state index contributed by atoms with van der Waals surface area (Å²) in [6.45, 7) is 3.78. The van der Waals surface area contributed by atoms with Crippen LogP contribution in [0, 0.1) is 6.92 Å². The van der Waals surface area contributed by atoms with Crippen molar-refractivity contribution in [2.45, 2.75) is 25.8 Å². The van der Waals surface area contributed by atoms with Crippen LogP contribution in [0.3, 0.4) is 0 Å². The van der Waals surface area contributed by atoms with Crippen molar-refractivity contribution in [3.63, 3.8) is 0 Å². The fraction of sp³-hybridized carbons (Fsp3) is 0.636. The molecule has 1 aliphatic heterocycles. The third kappa shape index (κ3) is 3.44. The van der Waals surface area contributed by atoms with Gasteiger partial charge in [-0.2, -0.15) is 5.10 Å². The van der Waals surface area contributed by atoms with Crippen LogP contribution in [0.1, 0.15) is 28.9 Å². The first kappa shape index (κ1) is 14.0. The summed E-state index contributed by atoms with van der Waals surface area (Å²) in [6, 6.07) is 0.251. The van der Waals surface area contributed by atoms with E-state index in [1.165, 1.54) is 0 Å². The van der Waals surface area contributed by atoms with E-state index in [2.05, 4.69) is 15.7 Å². The molecule has 0 bridgehead atoms. The van der Waals surface area contributed by atoms with Gasteiger partial charge in [-0.25, -0.2) is 0 Å². The molecule has 1 fully saturated rings. The van der Waals surface area contributed by atoms with Gasteiger partial charge in [-0.1, -0.05) is 0 Å². The zero-order chi connectivity index (χ0) is 11.5. The minimum atomic E-state index is -0.0145. The van der Waals surface area contributed by atoms with Gasteiger partial charge in [0.1, 0.15) is 0 Å². The molecule has 0 radical (unpaired) electrons. The smallest absolute Gasteiger partial charge is 0.255 e. The number of piperidine rings is 1. The lowest BCUT2D eigenvalue weighted by Gasteiger charge is -2.23. The van der Waals surface area contributed by atoms with E-state index in [9.17, 15) is 4.79 Å². The second kappa shape index (κ2) is 6.02. The van der Waals surface area contributed by atoms with Crippen LogP contribution in [0.5, 0.6) is 0 Å². The van der Waals surface area contributed by atoms with E-state index in [0.29, 0.717) is 5.56 Å². The molecule has 2 N–H and O–H groups in total. The fourth-order valence-electron chi connectivity index (χ4n) is 2.06. The number of amides is 1. The fourth-order valence-corrected chi connectivity index (χ4v) is 2.06. The van der Waals surface area contributed by atoms with E-state index in [1.54, 1.807) is 10.9 Å². The van der Waals surface area contributed by atoms with Crippen molar-refractivity contribution in [2.75, 3.05) is 13.1 Å². The number of rotatable bonds is 2. The molecule has 1 atom stereocenters. The van der Waals surface area contributed by atoms with Crippen molar-refractivity contribution in [1.29, 1.82) is 0 Å². The van der Waals surface area contributed by atoms with Crippen LogP contribution in [-0.2, 0) is 7.05 Å². The summed E-state index contributed by atoms with van der Waals surface area (Å²) >= 11 is 0. The predicted molar refractivity (Wildman–Crippen MR) is 68.6 cm³/mol. The number of nitrogens with zero attached hydrogens (tertiary/aromatic N) is 2. The summed E-state index contributed by atoms with van der Waals surface area (Å²) in [6.07, 6.45) is 3.94. The van der Waals surface area contributed by atoms with Crippen LogP contribution >= 0.6 is 12.4 Å². The summed E-state index contributed by atoms with van der Waals surface area (Å²) in [4.78, 5) is 12.0.